The normalized spacial score (nSPS) is 12.7. The summed E-state index contributed by atoms with van der Waals surface area (Å²) in [7, 11) is 0. The van der Waals surface area contributed by atoms with Gasteiger partial charge in [0.15, 0.2) is 6.61 Å². The predicted molar refractivity (Wildman–Crippen MR) is 95.6 cm³/mol. The fraction of sp³-hybridized carbons (Fsp3) is 0.176. The number of halogens is 1. The molecule has 134 valence electrons. The van der Waals surface area contributed by atoms with Gasteiger partial charge in [-0.15, -0.1) is 0 Å². The first-order valence-corrected chi connectivity index (χ1v) is 8.09. The van der Waals surface area contributed by atoms with Crippen LogP contribution in [0.15, 0.2) is 36.4 Å². The fourth-order valence-electron chi connectivity index (χ4n) is 2.53. The van der Waals surface area contributed by atoms with Crippen LogP contribution in [-0.2, 0) is 16.0 Å². The van der Waals surface area contributed by atoms with Gasteiger partial charge in [-0.25, -0.2) is 0 Å². The molecule has 0 aliphatic carbocycles. The average molecular weight is 376 g/mol. The summed E-state index contributed by atoms with van der Waals surface area (Å²) in [4.78, 5) is 33.6. The van der Waals surface area contributed by atoms with E-state index in [-0.39, 0.29) is 28.9 Å². The number of carbonyl (C=O) groups is 2. The number of amides is 2. The van der Waals surface area contributed by atoms with Crippen molar-refractivity contribution in [3.8, 4) is 5.75 Å². The van der Waals surface area contributed by atoms with Gasteiger partial charge in [0.1, 0.15) is 10.8 Å². The zero-order chi connectivity index (χ0) is 18.7. The number of hydrogen-bond donors (Lipinski definition) is 2. The number of nitro benzene ring substituents is 1. The summed E-state index contributed by atoms with van der Waals surface area (Å²) in [5, 5.41) is 16.1. The highest BCUT2D eigenvalue weighted by atomic mass is 35.5. The van der Waals surface area contributed by atoms with E-state index in [0.29, 0.717) is 18.6 Å². The van der Waals surface area contributed by atoms with Crippen LogP contribution < -0.4 is 15.4 Å². The second-order valence-electron chi connectivity index (χ2n) is 5.63. The third kappa shape index (κ3) is 4.09. The zero-order valence-electron chi connectivity index (χ0n) is 13.5. The molecule has 0 atom stereocenters. The molecule has 2 aromatic rings. The van der Waals surface area contributed by atoms with Crippen LogP contribution in [0.4, 0.5) is 17.1 Å². The molecule has 0 saturated heterocycles. The molecule has 0 aromatic heterocycles. The van der Waals surface area contributed by atoms with E-state index in [1.165, 1.54) is 18.2 Å². The van der Waals surface area contributed by atoms with Gasteiger partial charge in [-0.2, -0.15) is 0 Å². The first kappa shape index (κ1) is 17.7. The van der Waals surface area contributed by atoms with Crippen molar-refractivity contribution in [2.24, 2.45) is 0 Å². The van der Waals surface area contributed by atoms with E-state index in [9.17, 15) is 19.7 Å². The van der Waals surface area contributed by atoms with E-state index in [4.69, 9.17) is 16.3 Å². The highest BCUT2D eigenvalue weighted by molar-refractivity contribution is 6.32. The van der Waals surface area contributed by atoms with Gasteiger partial charge in [-0.05, 0) is 42.3 Å². The van der Waals surface area contributed by atoms with E-state index in [2.05, 4.69) is 10.6 Å². The molecular weight excluding hydrogens is 362 g/mol. The van der Waals surface area contributed by atoms with Crippen molar-refractivity contribution in [2.45, 2.75) is 12.8 Å². The zero-order valence-corrected chi connectivity index (χ0v) is 14.2. The molecule has 0 radical (unpaired) electrons. The summed E-state index contributed by atoms with van der Waals surface area (Å²) >= 11 is 5.73. The maximum atomic E-state index is 12.0. The fourth-order valence-corrected chi connectivity index (χ4v) is 2.71. The van der Waals surface area contributed by atoms with Crippen molar-refractivity contribution in [3.05, 3.63) is 57.1 Å². The molecule has 1 aliphatic heterocycles. The van der Waals surface area contributed by atoms with Gasteiger partial charge in [0, 0.05) is 23.9 Å². The minimum atomic E-state index is -0.625. The number of rotatable bonds is 5. The smallest absolute Gasteiger partial charge is 0.289 e. The van der Waals surface area contributed by atoms with Gasteiger partial charge < -0.3 is 15.4 Å². The number of hydrogen-bond acceptors (Lipinski definition) is 5. The molecule has 0 saturated carbocycles. The molecular formula is C17H14ClN3O5. The third-order valence-corrected chi connectivity index (χ3v) is 4.09. The number of nitro groups is 1. The summed E-state index contributed by atoms with van der Waals surface area (Å²) < 4.78 is 5.45. The van der Waals surface area contributed by atoms with E-state index < -0.39 is 10.8 Å². The van der Waals surface area contributed by atoms with Crippen LogP contribution in [0.1, 0.15) is 12.0 Å². The molecule has 0 spiro atoms. The number of carbonyl (C=O) groups excluding carboxylic acids is 2. The molecule has 0 bridgehead atoms. The molecule has 8 nitrogen and oxygen atoms in total. The van der Waals surface area contributed by atoms with Crippen molar-refractivity contribution >= 4 is 40.5 Å². The summed E-state index contributed by atoms with van der Waals surface area (Å²) in [5.74, 6) is 0.00684. The summed E-state index contributed by atoms with van der Waals surface area (Å²) in [6.45, 7) is -0.262. The van der Waals surface area contributed by atoms with Crippen molar-refractivity contribution in [2.75, 3.05) is 17.2 Å². The molecule has 0 fully saturated rings. The van der Waals surface area contributed by atoms with Gasteiger partial charge in [-0.3, -0.25) is 19.7 Å². The molecule has 2 aromatic carbocycles. The van der Waals surface area contributed by atoms with Gasteiger partial charge in [-0.1, -0.05) is 11.6 Å². The standard InChI is InChI=1S/C17H14ClN3O5/c18-13-4-2-11(8-15(13)21(24)25)19-17(23)9-26-12-3-5-14-10(7-12)1-6-16(22)20-14/h2-5,7-8H,1,6,9H2,(H,19,23)(H,20,22). The molecule has 2 amide bonds. The SMILES string of the molecule is O=C(COc1ccc2c(c1)CCC(=O)N2)Nc1ccc(Cl)c([N+](=O)[O-])c1. The number of aryl methyl sites for hydroxylation is 1. The Hall–Kier alpha value is -3.13. The van der Waals surface area contributed by atoms with Gasteiger partial charge in [0.05, 0.1) is 4.92 Å². The van der Waals surface area contributed by atoms with Crippen molar-refractivity contribution < 1.29 is 19.2 Å². The van der Waals surface area contributed by atoms with Crippen molar-refractivity contribution in [3.63, 3.8) is 0 Å². The van der Waals surface area contributed by atoms with E-state index in [0.717, 1.165) is 11.3 Å². The van der Waals surface area contributed by atoms with E-state index in [1.807, 2.05) is 0 Å². The Morgan fingerprint density at radius 2 is 2.08 bits per heavy atom. The second-order valence-corrected chi connectivity index (χ2v) is 6.03. The minimum absolute atomic E-state index is 0.00889. The molecule has 1 aliphatic rings. The monoisotopic (exact) mass is 375 g/mol. The van der Waals surface area contributed by atoms with Gasteiger partial charge in [0.25, 0.3) is 11.6 Å². The third-order valence-electron chi connectivity index (χ3n) is 3.77. The Morgan fingerprint density at radius 3 is 2.85 bits per heavy atom. The van der Waals surface area contributed by atoms with Crippen molar-refractivity contribution in [1.29, 1.82) is 0 Å². The van der Waals surface area contributed by atoms with Gasteiger partial charge in [0.2, 0.25) is 5.91 Å². The topological polar surface area (TPSA) is 111 Å². The lowest BCUT2D eigenvalue weighted by atomic mass is 10.0. The predicted octanol–water partition coefficient (Wildman–Crippen LogP) is 3.15. The van der Waals surface area contributed by atoms with Crippen LogP contribution >= 0.6 is 11.6 Å². The summed E-state index contributed by atoms with van der Waals surface area (Å²) in [5.41, 5.74) is 1.65. The molecule has 9 heteroatoms. The minimum Gasteiger partial charge on any atom is -0.484 e. The Morgan fingerprint density at radius 1 is 1.27 bits per heavy atom. The summed E-state index contributed by atoms with van der Waals surface area (Å²) in [6, 6.07) is 9.15. The largest absolute Gasteiger partial charge is 0.484 e. The Kier molecular flexibility index (Phi) is 5.04. The van der Waals surface area contributed by atoms with Gasteiger partial charge >= 0.3 is 0 Å². The lowest BCUT2D eigenvalue weighted by Gasteiger charge is -2.17. The number of nitrogens with zero attached hydrogens (tertiary/aromatic N) is 1. The lowest BCUT2D eigenvalue weighted by molar-refractivity contribution is -0.384. The lowest BCUT2D eigenvalue weighted by Crippen LogP contribution is -2.21. The quantitative estimate of drug-likeness (QED) is 0.616. The van der Waals surface area contributed by atoms with Crippen LogP contribution in [0.25, 0.3) is 0 Å². The van der Waals surface area contributed by atoms with Crippen LogP contribution in [0.3, 0.4) is 0 Å². The highest BCUT2D eigenvalue weighted by Crippen LogP contribution is 2.28. The van der Waals surface area contributed by atoms with E-state index in [1.54, 1.807) is 18.2 Å². The second kappa shape index (κ2) is 7.40. The average Bonchev–Trinajstić information content (AvgIpc) is 2.61. The van der Waals surface area contributed by atoms with Crippen molar-refractivity contribution in [1.82, 2.24) is 0 Å². The molecule has 1 heterocycles. The summed E-state index contributed by atoms with van der Waals surface area (Å²) in [6.07, 6.45) is 1.02. The van der Waals surface area contributed by atoms with Crippen LogP contribution in [-0.4, -0.2) is 23.3 Å². The number of benzene rings is 2. The number of nitrogens with one attached hydrogen (secondary N) is 2. The van der Waals surface area contributed by atoms with Crippen LogP contribution in [0.5, 0.6) is 5.75 Å². The first-order chi connectivity index (χ1) is 12.4. The molecule has 26 heavy (non-hydrogen) atoms. The van der Waals surface area contributed by atoms with E-state index >= 15 is 0 Å². The number of anilines is 2. The Labute approximate surface area is 153 Å². The number of fused-ring (bicyclic) bond motifs is 1. The van der Waals surface area contributed by atoms with Crippen LogP contribution in [0.2, 0.25) is 5.02 Å². The highest BCUT2D eigenvalue weighted by Gasteiger charge is 2.16. The maximum absolute atomic E-state index is 12.0. The number of ether oxygens (including phenoxy) is 1. The van der Waals surface area contributed by atoms with Crippen LogP contribution in [0, 0.1) is 10.1 Å². The molecule has 3 rings (SSSR count). The molecule has 2 N–H and O–H groups in total. The first-order valence-electron chi connectivity index (χ1n) is 7.72. The maximum Gasteiger partial charge on any atom is 0.289 e. The Balaban J connectivity index is 1.60. The molecule has 0 unspecified atom stereocenters. The Bertz CT molecular complexity index is 900.